The molecule has 0 amide bonds. The Morgan fingerprint density at radius 3 is 2.74 bits per heavy atom. The van der Waals surface area contributed by atoms with Crippen LogP contribution in [0.1, 0.15) is 25.0 Å². The first-order chi connectivity index (χ1) is 8.90. The van der Waals surface area contributed by atoms with E-state index in [2.05, 4.69) is 0 Å². The van der Waals surface area contributed by atoms with Crippen LogP contribution in [0, 0.1) is 11.2 Å². The minimum atomic E-state index is -0.311. The summed E-state index contributed by atoms with van der Waals surface area (Å²) in [6.45, 7) is 3.31. The first-order valence-electron chi connectivity index (χ1n) is 5.82. The first-order valence-corrected chi connectivity index (χ1v) is 6.80. The maximum absolute atomic E-state index is 13.7. The molecule has 1 aromatic carbocycles. The number of halogens is 1. The van der Waals surface area contributed by atoms with Gasteiger partial charge in [-0.25, -0.2) is 4.39 Å². The molecule has 0 bridgehead atoms. The zero-order valence-electron chi connectivity index (χ0n) is 11.0. The molecule has 0 radical (unpaired) electrons. The van der Waals surface area contributed by atoms with Gasteiger partial charge in [0.2, 0.25) is 0 Å². The number of amidine groups is 1. The Morgan fingerprint density at radius 1 is 1.47 bits per heavy atom. The highest BCUT2D eigenvalue weighted by atomic mass is 32.2. The number of nitrogens with two attached hydrogens (primary N) is 1. The molecule has 0 spiro atoms. The van der Waals surface area contributed by atoms with E-state index in [4.69, 9.17) is 11.1 Å². The van der Waals surface area contributed by atoms with Crippen molar-refractivity contribution in [2.24, 2.45) is 5.73 Å². The molecule has 0 fully saturated rings. The third kappa shape index (κ3) is 5.26. The Labute approximate surface area is 116 Å². The fourth-order valence-corrected chi connectivity index (χ4v) is 2.15. The summed E-state index contributed by atoms with van der Waals surface area (Å²) in [5.41, 5.74) is 7.30. The highest BCUT2D eigenvalue weighted by Crippen LogP contribution is 2.20. The lowest BCUT2D eigenvalue weighted by Gasteiger charge is -2.07. The molecule has 0 saturated carbocycles. The predicted octanol–water partition coefficient (Wildman–Crippen LogP) is 2.99. The van der Waals surface area contributed by atoms with Crippen molar-refractivity contribution in [2.75, 3.05) is 5.75 Å². The minimum Gasteiger partial charge on any atom is -0.379 e. The molecule has 0 aliphatic heterocycles. The second kappa shape index (κ2) is 7.09. The summed E-state index contributed by atoms with van der Waals surface area (Å²) in [6.07, 6.45) is 2.13. The Balaban J connectivity index is 2.91. The normalized spacial score (nSPS) is 11.4. The number of hydrogen-bond donors (Lipinski definition) is 2. The summed E-state index contributed by atoms with van der Waals surface area (Å²) in [5, 5.41) is 7.13. The highest BCUT2D eigenvalue weighted by molar-refractivity contribution is 8.13. The number of nitrogens with one attached hydrogen (secondary N) is 1. The number of benzene rings is 1. The van der Waals surface area contributed by atoms with E-state index in [1.165, 1.54) is 24.8 Å². The van der Waals surface area contributed by atoms with E-state index in [-0.39, 0.29) is 16.8 Å². The van der Waals surface area contributed by atoms with Gasteiger partial charge in [-0.3, -0.25) is 10.2 Å². The lowest BCUT2D eigenvalue weighted by molar-refractivity contribution is -0.116. The number of Topliss-reactive ketones (excluding diaryl/α,β-unsaturated/α-hetero) is 1. The van der Waals surface area contributed by atoms with Crippen LogP contribution >= 0.6 is 11.8 Å². The summed E-state index contributed by atoms with van der Waals surface area (Å²) >= 11 is 1.18. The first kappa shape index (κ1) is 15.4. The van der Waals surface area contributed by atoms with E-state index in [1.807, 2.05) is 6.08 Å². The maximum Gasteiger partial charge on any atom is 0.151 e. The molecule has 1 rings (SSSR count). The topological polar surface area (TPSA) is 66.9 Å². The number of carbonyl (C=O) groups excluding carboxylic acids is 1. The van der Waals surface area contributed by atoms with Crippen molar-refractivity contribution in [2.45, 2.75) is 20.3 Å². The van der Waals surface area contributed by atoms with Gasteiger partial charge in [-0.2, -0.15) is 0 Å². The second-order valence-electron chi connectivity index (χ2n) is 4.26. The van der Waals surface area contributed by atoms with Crippen LogP contribution in [0.4, 0.5) is 4.39 Å². The molecular formula is C14H17FN2OS. The van der Waals surface area contributed by atoms with Crippen molar-refractivity contribution in [3.05, 3.63) is 41.2 Å². The molecule has 0 atom stereocenters. The van der Waals surface area contributed by atoms with Crippen molar-refractivity contribution in [1.82, 2.24) is 0 Å². The smallest absolute Gasteiger partial charge is 0.151 e. The summed E-state index contributed by atoms with van der Waals surface area (Å²) in [6, 6.07) is 4.70. The van der Waals surface area contributed by atoms with E-state index in [1.54, 1.807) is 19.1 Å². The van der Waals surface area contributed by atoms with Gasteiger partial charge in [-0.15, -0.1) is 0 Å². The number of thioether (sulfide) groups is 1. The number of rotatable bonds is 5. The zero-order chi connectivity index (χ0) is 14.4. The number of carbonyl (C=O) groups is 1. The van der Waals surface area contributed by atoms with Gasteiger partial charge in [0.15, 0.2) is 5.17 Å². The summed E-state index contributed by atoms with van der Waals surface area (Å²) in [5.74, 6) is 0.262. The summed E-state index contributed by atoms with van der Waals surface area (Å²) < 4.78 is 13.7. The average Bonchev–Trinajstić information content (AvgIpc) is 2.30. The van der Waals surface area contributed by atoms with Crippen LogP contribution < -0.4 is 5.73 Å². The van der Waals surface area contributed by atoms with Gasteiger partial charge in [0, 0.05) is 17.7 Å². The third-order valence-corrected chi connectivity index (χ3v) is 3.18. The number of allylic oxidation sites excluding steroid dienone is 1. The molecule has 19 heavy (non-hydrogen) atoms. The van der Waals surface area contributed by atoms with Crippen LogP contribution in [0.2, 0.25) is 0 Å². The van der Waals surface area contributed by atoms with Gasteiger partial charge in [0.25, 0.3) is 0 Å². The van der Waals surface area contributed by atoms with Gasteiger partial charge < -0.3 is 5.73 Å². The van der Waals surface area contributed by atoms with Crippen LogP contribution in [0.15, 0.2) is 24.3 Å². The molecule has 102 valence electrons. The van der Waals surface area contributed by atoms with Gasteiger partial charge in [0.1, 0.15) is 11.6 Å². The standard InChI is InChI=1S/C14H17FN2OS/c1-9(5-6-19-14(16)17)12-8-11(7-10(2)18)3-4-13(12)15/h3-5,8H,6-7H2,1-2H3,(H3,16,17)/b9-5+. The lowest BCUT2D eigenvalue weighted by atomic mass is 10.0. The molecule has 0 unspecified atom stereocenters. The Kier molecular flexibility index (Phi) is 5.76. The van der Waals surface area contributed by atoms with Crippen LogP contribution in [-0.4, -0.2) is 16.7 Å². The van der Waals surface area contributed by atoms with Crippen molar-refractivity contribution in [1.29, 1.82) is 5.41 Å². The molecule has 0 aliphatic rings. The van der Waals surface area contributed by atoms with E-state index >= 15 is 0 Å². The molecule has 0 heterocycles. The monoisotopic (exact) mass is 280 g/mol. The Morgan fingerprint density at radius 2 is 2.16 bits per heavy atom. The van der Waals surface area contributed by atoms with Gasteiger partial charge in [0.05, 0.1) is 0 Å². The molecule has 0 aliphatic carbocycles. The molecular weight excluding hydrogens is 263 g/mol. The van der Waals surface area contributed by atoms with Crippen LogP contribution in [-0.2, 0) is 11.2 Å². The fourth-order valence-electron chi connectivity index (χ4n) is 1.64. The van der Waals surface area contributed by atoms with Crippen molar-refractivity contribution in [3.63, 3.8) is 0 Å². The van der Waals surface area contributed by atoms with Gasteiger partial charge >= 0.3 is 0 Å². The minimum absolute atomic E-state index is 0.0369. The van der Waals surface area contributed by atoms with Crippen molar-refractivity contribution >= 4 is 28.3 Å². The molecule has 1 aromatic rings. The third-order valence-electron chi connectivity index (χ3n) is 2.54. The van der Waals surface area contributed by atoms with Crippen LogP contribution in [0.3, 0.4) is 0 Å². The highest BCUT2D eigenvalue weighted by Gasteiger charge is 2.07. The average molecular weight is 280 g/mol. The lowest BCUT2D eigenvalue weighted by Crippen LogP contribution is -2.03. The molecule has 0 saturated heterocycles. The Bertz CT molecular complexity index is 526. The van der Waals surface area contributed by atoms with Crippen molar-refractivity contribution < 1.29 is 9.18 Å². The second-order valence-corrected chi connectivity index (χ2v) is 5.32. The van der Waals surface area contributed by atoms with Crippen LogP contribution in [0.25, 0.3) is 5.57 Å². The molecule has 3 N–H and O–H groups in total. The van der Waals surface area contributed by atoms with E-state index < -0.39 is 0 Å². The zero-order valence-corrected chi connectivity index (χ0v) is 11.8. The quantitative estimate of drug-likeness (QED) is 0.643. The summed E-state index contributed by atoms with van der Waals surface area (Å²) in [7, 11) is 0. The van der Waals surface area contributed by atoms with E-state index in [9.17, 15) is 9.18 Å². The summed E-state index contributed by atoms with van der Waals surface area (Å²) in [4.78, 5) is 11.1. The predicted molar refractivity (Wildman–Crippen MR) is 78.8 cm³/mol. The molecule has 0 aromatic heterocycles. The fraction of sp³-hybridized carbons (Fsp3) is 0.286. The van der Waals surface area contributed by atoms with Crippen LogP contribution in [0.5, 0.6) is 0 Å². The van der Waals surface area contributed by atoms with Gasteiger partial charge in [-0.05, 0) is 37.1 Å². The maximum atomic E-state index is 13.7. The van der Waals surface area contributed by atoms with E-state index in [0.717, 1.165) is 11.1 Å². The number of hydrogen-bond acceptors (Lipinski definition) is 3. The van der Waals surface area contributed by atoms with E-state index in [0.29, 0.717) is 17.7 Å². The van der Waals surface area contributed by atoms with Gasteiger partial charge in [-0.1, -0.05) is 23.9 Å². The number of ketones is 1. The Hall–Kier alpha value is -1.62. The van der Waals surface area contributed by atoms with Crippen molar-refractivity contribution in [3.8, 4) is 0 Å². The largest absolute Gasteiger partial charge is 0.379 e. The SMILES string of the molecule is CC(=O)Cc1ccc(F)c(/C(C)=C/CSC(=N)N)c1. The molecule has 3 nitrogen and oxygen atoms in total. The molecule has 5 heteroatoms.